The third kappa shape index (κ3) is 5.10. The molecule has 6 heteroatoms. The number of thioether (sulfide) groups is 1. The van der Waals surface area contributed by atoms with Crippen LogP contribution >= 0.6 is 11.8 Å². The summed E-state index contributed by atoms with van der Waals surface area (Å²) < 4.78 is 13.7. The van der Waals surface area contributed by atoms with Crippen LogP contribution in [0.25, 0.3) is 10.8 Å². The molecule has 0 aliphatic carbocycles. The van der Waals surface area contributed by atoms with Gasteiger partial charge in [-0.05, 0) is 47.9 Å². The van der Waals surface area contributed by atoms with Gasteiger partial charge in [-0.15, -0.1) is 11.8 Å². The first-order valence-electron chi connectivity index (χ1n) is 9.66. The van der Waals surface area contributed by atoms with E-state index in [0.717, 1.165) is 21.4 Å². The minimum atomic E-state index is -0.565. The van der Waals surface area contributed by atoms with E-state index in [1.54, 1.807) is 18.2 Å². The van der Waals surface area contributed by atoms with Crippen molar-refractivity contribution in [1.29, 1.82) is 0 Å². The molecule has 4 aromatic rings. The lowest BCUT2D eigenvalue weighted by Gasteiger charge is -2.09. The van der Waals surface area contributed by atoms with Gasteiger partial charge in [-0.2, -0.15) is 0 Å². The van der Waals surface area contributed by atoms with E-state index in [2.05, 4.69) is 10.6 Å². The first kappa shape index (κ1) is 20.6. The van der Waals surface area contributed by atoms with Gasteiger partial charge in [0.15, 0.2) is 0 Å². The number of carbonyl (C=O) groups excluding carboxylic acids is 2. The predicted molar refractivity (Wildman–Crippen MR) is 124 cm³/mol. The molecular formula is C25H19FN2O2S. The molecule has 154 valence electrons. The largest absolute Gasteiger partial charge is 0.325 e. The van der Waals surface area contributed by atoms with Crippen LogP contribution in [0, 0.1) is 5.82 Å². The Balaban J connectivity index is 1.33. The summed E-state index contributed by atoms with van der Waals surface area (Å²) in [5.74, 6) is -0.917. The Kier molecular flexibility index (Phi) is 6.29. The molecule has 0 radical (unpaired) electrons. The summed E-state index contributed by atoms with van der Waals surface area (Å²) in [6.45, 7) is 0. The van der Waals surface area contributed by atoms with E-state index in [4.69, 9.17) is 0 Å². The van der Waals surface area contributed by atoms with Crippen LogP contribution in [0.15, 0.2) is 95.9 Å². The number of hydrogen-bond donors (Lipinski definition) is 2. The highest BCUT2D eigenvalue weighted by Crippen LogP contribution is 2.25. The summed E-state index contributed by atoms with van der Waals surface area (Å²) in [6, 6.07) is 26.6. The fourth-order valence-electron chi connectivity index (χ4n) is 3.15. The Morgan fingerprint density at radius 3 is 2.29 bits per heavy atom. The smallest absolute Gasteiger partial charge is 0.258 e. The van der Waals surface area contributed by atoms with Crippen molar-refractivity contribution in [3.63, 3.8) is 0 Å². The second kappa shape index (κ2) is 9.45. The lowest BCUT2D eigenvalue weighted by atomic mass is 10.1. The highest BCUT2D eigenvalue weighted by molar-refractivity contribution is 8.00. The molecule has 2 N–H and O–H groups in total. The van der Waals surface area contributed by atoms with E-state index in [-0.39, 0.29) is 17.2 Å². The molecule has 0 fully saturated rings. The summed E-state index contributed by atoms with van der Waals surface area (Å²) in [5.41, 5.74) is 1.33. The number of rotatable bonds is 6. The number of nitrogens with one attached hydrogen (secondary N) is 2. The van der Waals surface area contributed by atoms with Gasteiger partial charge in [-0.1, -0.05) is 48.5 Å². The zero-order valence-corrected chi connectivity index (χ0v) is 17.3. The topological polar surface area (TPSA) is 58.2 Å². The third-order valence-electron chi connectivity index (χ3n) is 4.66. The van der Waals surface area contributed by atoms with Gasteiger partial charge in [0.1, 0.15) is 5.82 Å². The molecule has 31 heavy (non-hydrogen) atoms. The van der Waals surface area contributed by atoms with Crippen molar-refractivity contribution >= 4 is 45.7 Å². The first-order chi connectivity index (χ1) is 15.1. The summed E-state index contributed by atoms with van der Waals surface area (Å²) in [7, 11) is 0. The van der Waals surface area contributed by atoms with E-state index in [1.165, 1.54) is 30.0 Å². The molecule has 2 amide bonds. The quantitative estimate of drug-likeness (QED) is 0.371. The van der Waals surface area contributed by atoms with Gasteiger partial charge in [0.25, 0.3) is 5.91 Å². The maximum absolute atomic E-state index is 13.7. The van der Waals surface area contributed by atoms with Crippen molar-refractivity contribution in [2.24, 2.45) is 0 Å². The SMILES string of the molecule is O=C(CSc1ccc(NC(=O)c2ccccc2F)cc1)Nc1cccc2ccccc12. The van der Waals surface area contributed by atoms with E-state index >= 15 is 0 Å². The molecule has 0 atom stereocenters. The van der Waals surface area contributed by atoms with Crippen LogP contribution in [-0.2, 0) is 4.79 Å². The van der Waals surface area contributed by atoms with Gasteiger partial charge in [0, 0.05) is 21.7 Å². The van der Waals surface area contributed by atoms with E-state index < -0.39 is 11.7 Å². The summed E-state index contributed by atoms with van der Waals surface area (Å²) in [6.07, 6.45) is 0. The number of benzene rings is 4. The summed E-state index contributed by atoms with van der Waals surface area (Å²) in [4.78, 5) is 25.5. The zero-order valence-electron chi connectivity index (χ0n) is 16.5. The van der Waals surface area contributed by atoms with Crippen molar-refractivity contribution in [2.45, 2.75) is 4.90 Å². The summed E-state index contributed by atoms with van der Waals surface area (Å²) in [5, 5.41) is 7.71. The molecule has 0 heterocycles. The molecule has 0 saturated heterocycles. The van der Waals surface area contributed by atoms with Crippen LogP contribution in [0.2, 0.25) is 0 Å². The molecule has 0 unspecified atom stereocenters. The summed E-state index contributed by atoms with van der Waals surface area (Å²) >= 11 is 1.39. The maximum atomic E-state index is 13.7. The Bertz CT molecular complexity index is 1240. The number of carbonyl (C=O) groups is 2. The van der Waals surface area contributed by atoms with Crippen LogP contribution in [0.5, 0.6) is 0 Å². The zero-order chi connectivity index (χ0) is 21.6. The van der Waals surface area contributed by atoms with Gasteiger partial charge in [0.05, 0.1) is 11.3 Å². The fourth-order valence-corrected chi connectivity index (χ4v) is 3.85. The van der Waals surface area contributed by atoms with Gasteiger partial charge in [0.2, 0.25) is 5.91 Å². The second-order valence-corrected chi connectivity index (χ2v) is 7.87. The Hall–Kier alpha value is -3.64. The first-order valence-corrected chi connectivity index (χ1v) is 10.6. The molecule has 0 aromatic heterocycles. The minimum Gasteiger partial charge on any atom is -0.325 e. The van der Waals surface area contributed by atoms with Gasteiger partial charge >= 0.3 is 0 Å². The van der Waals surface area contributed by atoms with Crippen LogP contribution in [-0.4, -0.2) is 17.6 Å². The highest BCUT2D eigenvalue weighted by Gasteiger charge is 2.11. The van der Waals surface area contributed by atoms with Crippen molar-refractivity contribution in [3.8, 4) is 0 Å². The molecule has 0 aliphatic heterocycles. The molecule has 0 bridgehead atoms. The Morgan fingerprint density at radius 1 is 0.774 bits per heavy atom. The van der Waals surface area contributed by atoms with E-state index in [9.17, 15) is 14.0 Å². The predicted octanol–water partition coefficient (Wildman–Crippen LogP) is 5.96. The third-order valence-corrected chi connectivity index (χ3v) is 5.68. The number of fused-ring (bicyclic) bond motifs is 1. The monoisotopic (exact) mass is 430 g/mol. The van der Waals surface area contributed by atoms with Crippen molar-refractivity contribution < 1.29 is 14.0 Å². The number of halogens is 1. The van der Waals surface area contributed by atoms with Crippen molar-refractivity contribution in [1.82, 2.24) is 0 Å². The molecule has 4 nitrogen and oxygen atoms in total. The number of amides is 2. The van der Waals surface area contributed by atoms with E-state index in [1.807, 2.05) is 54.6 Å². The standard InChI is InChI=1S/C25H19FN2O2S/c26-22-10-4-3-9-21(22)25(30)27-18-12-14-19(15-13-18)31-16-24(29)28-23-11-5-7-17-6-1-2-8-20(17)23/h1-15H,16H2,(H,27,30)(H,28,29). The van der Waals surface area contributed by atoms with Crippen molar-refractivity contribution in [2.75, 3.05) is 16.4 Å². The number of anilines is 2. The van der Waals surface area contributed by atoms with Gasteiger partial charge < -0.3 is 10.6 Å². The number of hydrogen-bond acceptors (Lipinski definition) is 3. The van der Waals surface area contributed by atoms with Crippen LogP contribution < -0.4 is 10.6 Å². The Morgan fingerprint density at radius 2 is 1.48 bits per heavy atom. The van der Waals surface area contributed by atoms with E-state index in [0.29, 0.717) is 5.69 Å². The molecular weight excluding hydrogens is 411 g/mol. The average Bonchev–Trinajstić information content (AvgIpc) is 2.79. The van der Waals surface area contributed by atoms with Crippen LogP contribution in [0.3, 0.4) is 0 Å². The normalized spacial score (nSPS) is 10.6. The molecule has 0 saturated carbocycles. The maximum Gasteiger partial charge on any atom is 0.258 e. The molecule has 0 aliphatic rings. The molecule has 0 spiro atoms. The average molecular weight is 431 g/mol. The molecule has 4 rings (SSSR count). The Labute approximate surface area is 183 Å². The lowest BCUT2D eigenvalue weighted by molar-refractivity contribution is -0.113. The highest BCUT2D eigenvalue weighted by atomic mass is 32.2. The second-order valence-electron chi connectivity index (χ2n) is 6.82. The van der Waals surface area contributed by atoms with Gasteiger partial charge in [-0.25, -0.2) is 4.39 Å². The van der Waals surface area contributed by atoms with Crippen molar-refractivity contribution in [3.05, 3.63) is 102 Å². The van der Waals surface area contributed by atoms with Gasteiger partial charge in [-0.3, -0.25) is 9.59 Å². The minimum absolute atomic E-state index is 0.00828. The van der Waals surface area contributed by atoms with Crippen LogP contribution in [0.4, 0.5) is 15.8 Å². The lowest BCUT2D eigenvalue weighted by Crippen LogP contribution is -2.14. The fraction of sp³-hybridized carbons (Fsp3) is 0.0400. The molecule has 4 aromatic carbocycles. The van der Waals surface area contributed by atoms with Crippen LogP contribution in [0.1, 0.15) is 10.4 Å².